The Balaban J connectivity index is 1.46. The minimum absolute atomic E-state index is 0.839. The summed E-state index contributed by atoms with van der Waals surface area (Å²) in [5.41, 5.74) is 0. The van der Waals surface area contributed by atoms with Crippen LogP contribution in [0.15, 0.2) is 0 Å². The molecule has 2 rings (SSSR count). The second kappa shape index (κ2) is 7.49. The summed E-state index contributed by atoms with van der Waals surface area (Å²) in [7, 11) is 0. The van der Waals surface area contributed by atoms with Gasteiger partial charge in [0.25, 0.3) is 0 Å². The van der Waals surface area contributed by atoms with Gasteiger partial charge in [0.1, 0.15) is 0 Å². The van der Waals surface area contributed by atoms with Crippen LogP contribution < -0.4 is 5.32 Å². The molecule has 2 heteroatoms. The van der Waals surface area contributed by atoms with E-state index in [9.17, 15) is 0 Å². The first-order chi connectivity index (χ1) is 8.81. The van der Waals surface area contributed by atoms with Crippen LogP contribution in [0.1, 0.15) is 71.6 Å². The summed E-state index contributed by atoms with van der Waals surface area (Å²) >= 11 is 0. The smallest absolute Gasteiger partial charge is 0.00960 e. The maximum Gasteiger partial charge on any atom is 0.00960 e. The number of nitrogens with zero attached hydrogens (tertiary/aromatic N) is 1. The molecule has 0 radical (unpaired) electrons. The van der Waals surface area contributed by atoms with Gasteiger partial charge in [-0.05, 0) is 65.0 Å². The van der Waals surface area contributed by atoms with Crippen molar-refractivity contribution in [3.63, 3.8) is 0 Å². The zero-order valence-electron chi connectivity index (χ0n) is 12.5. The summed E-state index contributed by atoms with van der Waals surface area (Å²) in [5.74, 6) is 0. The Hall–Kier alpha value is -0.0800. The van der Waals surface area contributed by atoms with Crippen molar-refractivity contribution >= 4 is 0 Å². The summed E-state index contributed by atoms with van der Waals surface area (Å²) in [5, 5.41) is 3.60. The van der Waals surface area contributed by atoms with Crippen molar-refractivity contribution in [1.29, 1.82) is 0 Å². The van der Waals surface area contributed by atoms with Crippen molar-refractivity contribution in [1.82, 2.24) is 10.2 Å². The topological polar surface area (TPSA) is 15.3 Å². The highest BCUT2D eigenvalue weighted by Crippen LogP contribution is 2.26. The van der Waals surface area contributed by atoms with Gasteiger partial charge < -0.3 is 5.32 Å². The van der Waals surface area contributed by atoms with Crippen LogP contribution >= 0.6 is 0 Å². The predicted octanol–water partition coefficient (Wildman–Crippen LogP) is 3.56. The molecule has 2 fully saturated rings. The molecule has 2 nitrogen and oxygen atoms in total. The molecular weight excluding hydrogens is 220 g/mol. The lowest BCUT2D eigenvalue weighted by Crippen LogP contribution is -2.34. The van der Waals surface area contributed by atoms with E-state index < -0.39 is 0 Å². The van der Waals surface area contributed by atoms with Gasteiger partial charge in [-0.15, -0.1) is 0 Å². The highest BCUT2D eigenvalue weighted by atomic mass is 15.2. The Morgan fingerprint density at radius 2 is 1.78 bits per heavy atom. The van der Waals surface area contributed by atoms with Crippen molar-refractivity contribution in [3.05, 3.63) is 0 Å². The Labute approximate surface area is 114 Å². The average Bonchev–Trinajstić information content (AvgIpc) is 3.13. The monoisotopic (exact) mass is 252 g/mol. The van der Waals surface area contributed by atoms with E-state index in [1.807, 2.05) is 0 Å². The Bertz CT molecular complexity index is 225. The van der Waals surface area contributed by atoms with Crippen molar-refractivity contribution in [2.75, 3.05) is 13.1 Å². The van der Waals surface area contributed by atoms with Crippen LogP contribution in [0, 0.1) is 0 Å². The first kappa shape index (κ1) is 14.3. The van der Waals surface area contributed by atoms with Crippen molar-refractivity contribution in [2.45, 2.75) is 89.8 Å². The first-order valence-corrected chi connectivity index (χ1v) is 8.30. The molecule has 1 aliphatic heterocycles. The van der Waals surface area contributed by atoms with E-state index in [4.69, 9.17) is 0 Å². The number of likely N-dealkylation sites (tertiary alicyclic amines) is 1. The fourth-order valence-electron chi connectivity index (χ4n) is 3.33. The van der Waals surface area contributed by atoms with E-state index in [0.717, 1.165) is 18.1 Å². The third kappa shape index (κ3) is 4.55. The van der Waals surface area contributed by atoms with Crippen LogP contribution in [0.5, 0.6) is 0 Å². The number of rotatable bonds is 9. The number of nitrogens with one attached hydrogen (secondary N) is 1. The fraction of sp³-hybridized carbons (Fsp3) is 1.00. The molecule has 0 bridgehead atoms. The second-order valence-electron chi connectivity index (χ2n) is 6.37. The lowest BCUT2D eigenvalue weighted by molar-refractivity contribution is 0.194. The summed E-state index contributed by atoms with van der Waals surface area (Å²) in [6.07, 6.45) is 12.7. The SMILES string of the molecule is CCC1CCC(C)N1CCCCCCNC1CC1. The van der Waals surface area contributed by atoms with Gasteiger partial charge in [-0.1, -0.05) is 19.8 Å². The minimum Gasteiger partial charge on any atom is -0.314 e. The van der Waals surface area contributed by atoms with E-state index >= 15 is 0 Å². The average molecular weight is 252 g/mol. The molecule has 0 aromatic carbocycles. The Kier molecular flexibility index (Phi) is 5.97. The quantitative estimate of drug-likeness (QED) is 0.631. The molecule has 1 heterocycles. The van der Waals surface area contributed by atoms with Crippen LogP contribution in [0.25, 0.3) is 0 Å². The molecular formula is C16H32N2. The lowest BCUT2D eigenvalue weighted by atomic mass is 10.1. The molecule has 0 spiro atoms. The van der Waals surface area contributed by atoms with Crippen molar-refractivity contribution < 1.29 is 0 Å². The molecule has 1 aliphatic carbocycles. The van der Waals surface area contributed by atoms with E-state index in [2.05, 4.69) is 24.1 Å². The second-order valence-corrected chi connectivity index (χ2v) is 6.37. The number of unbranched alkanes of at least 4 members (excludes halogenated alkanes) is 3. The summed E-state index contributed by atoms with van der Waals surface area (Å²) in [6, 6.07) is 2.61. The molecule has 2 unspecified atom stereocenters. The van der Waals surface area contributed by atoms with E-state index in [1.165, 1.54) is 70.9 Å². The fourth-order valence-corrected chi connectivity index (χ4v) is 3.33. The van der Waals surface area contributed by atoms with E-state index in [0.29, 0.717) is 0 Å². The standard InChI is InChI=1S/C16H32N2/c1-3-16-11-8-14(2)18(16)13-7-5-4-6-12-17-15-9-10-15/h14-17H,3-13H2,1-2H3. The van der Waals surface area contributed by atoms with Gasteiger partial charge in [-0.25, -0.2) is 0 Å². The predicted molar refractivity (Wildman–Crippen MR) is 79.0 cm³/mol. The van der Waals surface area contributed by atoms with Crippen LogP contribution in [0.3, 0.4) is 0 Å². The highest BCUT2D eigenvalue weighted by Gasteiger charge is 2.28. The van der Waals surface area contributed by atoms with Gasteiger partial charge in [0, 0.05) is 18.1 Å². The van der Waals surface area contributed by atoms with Gasteiger partial charge in [-0.3, -0.25) is 4.90 Å². The maximum atomic E-state index is 3.60. The number of hydrogen-bond donors (Lipinski definition) is 1. The molecule has 2 aliphatic rings. The molecule has 2 atom stereocenters. The molecule has 18 heavy (non-hydrogen) atoms. The highest BCUT2D eigenvalue weighted by molar-refractivity contribution is 4.84. The zero-order chi connectivity index (χ0) is 12.8. The Morgan fingerprint density at radius 1 is 1.00 bits per heavy atom. The minimum atomic E-state index is 0.839. The third-order valence-electron chi connectivity index (χ3n) is 4.78. The van der Waals surface area contributed by atoms with Crippen LogP contribution in [0.2, 0.25) is 0 Å². The maximum absolute atomic E-state index is 3.60. The van der Waals surface area contributed by atoms with Gasteiger partial charge >= 0.3 is 0 Å². The van der Waals surface area contributed by atoms with Crippen LogP contribution in [0.4, 0.5) is 0 Å². The largest absolute Gasteiger partial charge is 0.314 e. The van der Waals surface area contributed by atoms with Crippen molar-refractivity contribution in [3.8, 4) is 0 Å². The summed E-state index contributed by atoms with van der Waals surface area (Å²) in [6.45, 7) is 7.35. The zero-order valence-corrected chi connectivity index (χ0v) is 12.5. The normalized spacial score (nSPS) is 29.0. The van der Waals surface area contributed by atoms with Gasteiger partial charge in [0.2, 0.25) is 0 Å². The van der Waals surface area contributed by atoms with Gasteiger partial charge in [-0.2, -0.15) is 0 Å². The van der Waals surface area contributed by atoms with E-state index in [-0.39, 0.29) is 0 Å². The molecule has 0 amide bonds. The number of hydrogen-bond acceptors (Lipinski definition) is 2. The summed E-state index contributed by atoms with van der Waals surface area (Å²) in [4.78, 5) is 2.77. The molecule has 1 saturated heterocycles. The van der Waals surface area contributed by atoms with Gasteiger partial charge in [0.05, 0.1) is 0 Å². The van der Waals surface area contributed by atoms with Gasteiger partial charge in [0.15, 0.2) is 0 Å². The van der Waals surface area contributed by atoms with E-state index in [1.54, 1.807) is 0 Å². The summed E-state index contributed by atoms with van der Waals surface area (Å²) < 4.78 is 0. The molecule has 1 N–H and O–H groups in total. The molecule has 106 valence electrons. The van der Waals surface area contributed by atoms with Crippen LogP contribution in [-0.2, 0) is 0 Å². The first-order valence-electron chi connectivity index (χ1n) is 8.30. The molecule has 0 aromatic rings. The molecule has 0 aromatic heterocycles. The third-order valence-corrected chi connectivity index (χ3v) is 4.78. The van der Waals surface area contributed by atoms with Crippen LogP contribution in [-0.4, -0.2) is 36.1 Å². The van der Waals surface area contributed by atoms with Crippen molar-refractivity contribution in [2.24, 2.45) is 0 Å². The Morgan fingerprint density at radius 3 is 2.50 bits per heavy atom. The lowest BCUT2D eigenvalue weighted by Gasteiger charge is -2.27. The molecule has 1 saturated carbocycles.